The first-order chi connectivity index (χ1) is 13.7. The number of aliphatic hydroxyl groups excluding tert-OH is 1. The van der Waals surface area contributed by atoms with Gasteiger partial charge in [0.2, 0.25) is 0 Å². The van der Waals surface area contributed by atoms with Gasteiger partial charge < -0.3 is 14.3 Å². The molecule has 0 unspecified atom stereocenters. The van der Waals surface area contributed by atoms with Crippen molar-refractivity contribution in [3.05, 3.63) is 47.5 Å². The van der Waals surface area contributed by atoms with Crippen LogP contribution in [0.5, 0.6) is 0 Å². The molecule has 1 fully saturated rings. The van der Waals surface area contributed by atoms with E-state index in [-0.39, 0.29) is 29.3 Å². The molecule has 5 atom stereocenters. The lowest BCUT2D eigenvalue weighted by Crippen LogP contribution is -2.55. The van der Waals surface area contributed by atoms with E-state index in [4.69, 9.17) is 9.15 Å². The zero-order valence-corrected chi connectivity index (χ0v) is 18.5. The van der Waals surface area contributed by atoms with E-state index in [1.807, 2.05) is 19.3 Å². The first kappa shape index (κ1) is 21.9. The standard InChI is InChI=1S/C25H36O4/c1-6-17(2)23(27)29-16-20-21(26)7-8-22-24(4,13-10-19-11-14-28-15-19)18(3)9-12-25(20,22)5/h6,9,11,14-15,20-22,26H,7-8,10,12-13,16H2,1-5H3/t20-,21+,22+,24-,25-/m0/s1. The summed E-state index contributed by atoms with van der Waals surface area (Å²) in [5, 5.41) is 10.9. The monoisotopic (exact) mass is 400 g/mol. The number of carbonyl (C=O) groups excluding carboxylic acids is 1. The summed E-state index contributed by atoms with van der Waals surface area (Å²) in [5.41, 5.74) is 3.26. The van der Waals surface area contributed by atoms with E-state index in [0.717, 1.165) is 32.1 Å². The van der Waals surface area contributed by atoms with Crippen molar-refractivity contribution in [3.8, 4) is 0 Å². The van der Waals surface area contributed by atoms with Crippen molar-refractivity contribution >= 4 is 5.97 Å². The van der Waals surface area contributed by atoms with Gasteiger partial charge in [0.15, 0.2) is 0 Å². The summed E-state index contributed by atoms with van der Waals surface area (Å²) in [5.74, 6) is 0.116. The normalized spacial score (nSPS) is 35.0. The predicted molar refractivity (Wildman–Crippen MR) is 114 cm³/mol. The largest absolute Gasteiger partial charge is 0.472 e. The van der Waals surface area contributed by atoms with Gasteiger partial charge in [-0.2, -0.15) is 0 Å². The highest BCUT2D eigenvalue weighted by molar-refractivity contribution is 5.87. The van der Waals surface area contributed by atoms with Crippen LogP contribution in [0.4, 0.5) is 0 Å². The van der Waals surface area contributed by atoms with E-state index in [1.165, 1.54) is 11.1 Å². The number of fused-ring (bicyclic) bond motifs is 1. The van der Waals surface area contributed by atoms with Crippen LogP contribution < -0.4 is 0 Å². The maximum absolute atomic E-state index is 12.2. The van der Waals surface area contributed by atoms with E-state index < -0.39 is 6.10 Å². The van der Waals surface area contributed by atoms with E-state index in [9.17, 15) is 9.90 Å². The minimum Gasteiger partial charge on any atom is -0.472 e. The molecule has 0 bridgehead atoms. The van der Waals surface area contributed by atoms with Gasteiger partial charge >= 0.3 is 5.97 Å². The summed E-state index contributed by atoms with van der Waals surface area (Å²) in [6, 6.07) is 2.04. The SMILES string of the molecule is CC=C(C)C(=O)OC[C@H]1[C@H](O)CC[C@H]2[C@@]1(C)CC=C(C)[C@]2(C)CCc1ccoc1. The summed E-state index contributed by atoms with van der Waals surface area (Å²) in [6.07, 6.45) is 12.0. The summed E-state index contributed by atoms with van der Waals surface area (Å²) >= 11 is 0. The molecule has 0 saturated heterocycles. The Labute approximate surface area is 175 Å². The number of hydrogen-bond acceptors (Lipinski definition) is 4. The van der Waals surface area contributed by atoms with Crippen molar-refractivity contribution in [2.75, 3.05) is 6.61 Å². The highest BCUT2D eigenvalue weighted by Gasteiger charge is 2.56. The molecule has 160 valence electrons. The fourth-order valence-electron chi connectivity index (χ4n) is 5.70. The van der Waals surface area contributed by atoms with Crippen LogP contribution in [0.1, 0.15) is 65.9 Å². The van der Waals surface area contributed by atoms with Crippen LogP contribution in [0.15, 0.2) is 46.3 Å². The Kier molecular flexibility index (Phi) is 6.42. The molecule has 2 aliphatic carbocycles. The van der Waals surface area contributed by atoms with Crippen LogP contribution in [0.2, 0.25) is 0 Å². The van der Waals surface area contributed by atoms with E-state index in [0.29, 0.717) is 11.5 Å². The molecule has 0 amide bonds. The lowest BCUT2D eigenvalue weighted by Gasteiger charge is -2.58. The van der Waals surface area contributed by atoms with Crippen LogP contribution in [0, 0.1) is 22.7 Å². The Morgan fingerprint density at radius 3 is 2.79 bits per heavy atom. The number of aryl methyl sites for hydroxylation is 1. The first-order valence-electron chi connectivity index (χ1n) is 10.9. The van der Waals surface area contributed by atoms with Crippen molar-refractivity contribution in [3.63, 3.8) is 0 Å². The molecule has 1 aromatic rings. The van der Waals surface area contributed by atoms with Crippen molar-refractivity contribution in [1.82, 2.24) is 0 Å². The van der Waals surface area contributed by atoms with Gasteiger partial charge in [-0.1, -0.05) is 31.6 Å². The molecule has 2 aliphatic rings. The number of esters is 1. The summed E-state index contributed by atoms with van der Waals surface area (Å²) < 4.78 is 10.9. The Morgan fingerprint density at radius 1 is 1.38 bits per heavy atom. The topological polar surface area (TPSA) is 59.7 Å². The number of aliphatic hydroxyl groups is 1. The molecule has 29 heavy (non-hydrogen) atoms. The first-order valence-corrected chi connectivity index (χ1v) is 10.9. The second-order valence-corrected chi connectivity index (χ2v) is 9.52. The Balaban J connectivity index is 1.82. The predicted octanol–water partition coefficient (Wildman–Crippen LogP) is 5.47. The number of furan rings is 1. The summed E-state index contributed by atoms with van der Waals surface area (Å²) in [7, 11) is 0. The maximum Gasteiger partial charge on any atom is 0.333 e. The quantitative estimate of drug-likeness (QED) is 0.391. The third kappa shape index (κ3) is 4.09. The Morgan fingerprint density at radius 2 is 2.14 bits per heavy atom. The number of rotatable bonds is 6. The molecule has 1 saturated carbocycles. The van der Waals surface area contributed by atoms with Crippen molar-refractivity contribution < 1.29 is 19.1 Å². The van der Waals surface area contributed by atoms with E-state index in [1.54, 1.807) is 19.3 Å². The van der Waals surface area contributed by atoms with Crippen molar-refractivity contribution in [2.45, 2.75) is 72.8 Å². The molecule has 1 aromatic heterocycles. The molecular formula is C25H36O4. The van der Waals surface area contributed by atoms with E-state index >= 15 is 0 Å². The molecule has 3 rings (SSSR count). The molecule has 1 N–H and O–H groups in total. The number of ether oxygens (including phenoxy) is 1. The minimum absolute atomic E-state index is 0.0487. The van der Waals surface area contributed by atoms with Crippen molar-refractivity contribution in [1.29, 1.82) is 0 Å². The second-order valence-electron chi connectivity index (χ2n) is 9.52. The van der Waals surface area contributed by atoms with Gasteiger partial charge in [0.25, 0.3) is 0 Å². The van der Waals surface area contributed by atoms with Crippen LogP contribution in [0.3, 0.4) is 0 Å². The molecule has 1 heterocycles. The fourth-order valence-corrected chi connectivity index (χ4v) is 5.70. The lowest BCUT2D eigenvalue weighted by molar-refractivity contribution is -0.153. The van der Waals surface area contributed by atoms with Gasteiger partial charge in [-0.05, 0) is 81.3 Å². The number of carbonyl (C=O) groups is 1. The average Bonchev–Trinajstić information content (AvgIpc) is 3.22. The molecule has 4 heteroatoms. The summed E-state index contributed by atoms with van der Waals surface area (Å²) in [4.78, 5) is 12.2. The van der Waals surface area contributed by atoms with Crippen LogP contribution in [-0.4, -0.2) is 23.8 Å². The van der Waals surface area contributed by atoms with E-state index in [2.05, 4.69) is 26.8 Å². The van der Waals surface area contributed by atoms with Gasteiger partial charge in [-0.25, -0.2) is 4.79 Å². The number of hydrogen-bond donors (Lipinski definition) is 1. The molecule has 0 aliphatic heterocycles. The van der Waals surface area contributed by atoms with Gasteiger partial charge in [0.1, 0.15) is 0 Å². The van der Waals surface area contributed by atoms with Crippen LogP contribution >= 0.6 is 0 Å². The van der Waals surface area contributed by atoms with Gasteiger partial charge in [-0.3, -0.25) is 0 Å². The minimum atomic E-state index is -0.431. The summed E-state index contributed by atoms with van der Waals surface area (Å²) in [6.45, 7) is 10.8. The third-order valence-corrected chi connectivity index (χ3v) is 8.04. The smallest absolute Gasteiger partial charge is 0.333 e. The van der Waals surface area contributed by atoms with Crippen molar-refractivity contribution in [2.24, 2.45) is 22.7 Å². The Bertz CT molecular complexity index is 775. The van der Waals surface area contributed by atoms with Gasteiger partial charge in [0.05, 0.1) is 25.2 Å². The molecular weight excluding hydrogens is 364 g/mol. The highest BCUT2D eigenvalue weighted by atomic mass is 16.5. The zero-order valence-electron chi connectivity index (χ0n) is 18.5. The molecule has 4 nitrogen and oxygen atoms in total. The van der Waals surface area contributed by atoms with Gasteiger partial charge in [-0.15, -0.1) is 0 Å². The zero-order chi connectivity index (χ0) is 21.2. The third-order valence-electron chi connectivity index (χ3n) is 8.04. The highest BCUT2D eigenvalue weighted by Crippen LogP contribution is 2.61. The Hall–Kier alpha value is -1.81. The average molecular weight is 401 g/mol. The van der Waals surface area contributed by atoms with Crippen LogP contribution in [0.25, 0.3) is 0 Å². The number of allylic oxidation sites excluding steroid dienone is 3. The maximum atomic E-state index is 12.2. The molecule has 0 radical (unpaired) electrons. The molecule has 0 spiro atoms. The van der Waals surface area contributed by atoms with Gasteiger partial charge in [0, 0.05) is 11.5 Å². The molecule has 0 aromatic carbocycles. The fraction of sp³-hybridized carbons (Fsp3) is 0.640. The lowest BCUT2D eigenvalue weighted by atomic mass is 9.47. The van der Waals surface area contributed by atoms with Crippen LogP contribution in [-0.2, 0) is 16.0 Å². The second kappa shape index (κ2) is 8.51.